The van der Waals surface area contributed by atoms with Gasteiger partial charge in [-0.3, -0.25) is 9.59 Å². The number of hydrogen-bond donors (Lipinski definition) is 1. The standard InChI is InChI=1S/C28H30ClNO6/c1-28(2,3)18-9-7-16(8-10-18)23-22(25(32)27(33)30(23)11-6-12-34-4)24(31)20-14-17-13-19(29)15-21(35-5)26(17)36-20/h7-10,13-15,23,32H,6,11-12H2,1-5H3. The highest BCUT2D eigenvalue weighted by molar-refractivity contribution is 6.31. The number of methoxy groups -OCH3 is 2. The molecular formula is C28H30ClNO6. The summed E-state index contributed by atoms with van der Waals surface area (Å²) in [6.45, 7) is 7.08. The fourth-order valence-electron chi connectivity index (χ4n) is 4.49. The minimum Gasteiger partial charge on any atom is -0.503 e. The van der Waals surface area contributed by atoms with E-state index >= 15 is 0 Å². The van der Waals surface area contributed by atoms with Crippen molar-refractivity contribution in [2.24, 2.45) is 0 Å². The van der Waals surface area contributed by atoms with Crippen molar-refractivity contribution in [1.29, 1.82) is 0 Å². The molecule has 36 heavy (non-hydrogen) atoms. The number of aliphatic hydroxyl groups excluding tert-OH is 1. The Hall–Kier alpha value is -3.29. The Bertz CT molecular complexity index is 1330. The number of halogens is 1. The van der Waals surface area contributed by atoms with Gasteiger partial charge in [-0.1, -0.05) is 56.6 Å². The van der Waals surface area contributed by atoms with Crippen molar-refractivity contribution in [3.8, 4) is 5.75 Å². The van der Waals surface area contributed by atoms with Crippen LogP contribution in [0.2, 0.25) is 5.02 Å². The molecule has 2 heterocycles. The first-order valence-electron chi connectivity index (χ1n) is 11.7. The minimum atomic E-state index is -0.769. The number of rotatable bonds is 8. The van der Waals surface area contributed by atoms with Crippen LogP contribution in [0.15, 0.2) is 58.2 Å². The summed E-state index contributed by atoms with van der Waals surface area (Å²) in [5.74, 6) is -1.39. The Morgan fingerprint density at radius 3 is 2.44 bits per heavy atom. The number of benzene rings is 2. The summed E-state index contributed by atoms with van der Waals surface area (Å²) in [6.07, 6.45) is 0.550. The lowest BCUT2D eigenvalue weighted by atomic mass is 9.85. The van der Waals surface area contributed by atoms with Gasteiger partial charge in [0.15, 0.2) is 22.9 Å². The summed E-state index contributed by atoms with van der Waals surface area (Å²) in [5, 5.41) is 11.9. The maximum absolute atomic E-state index is 13.8. The van der Waals surface area contributed by atoms with Crippen molar-refractivity contribution in [1.82, 2.24) is 4.90 Å². The van der Waals surface area contributed by atoms with Crippen molar-refractivity contribution >= 4 is 34.3 Å². The molecule has 0 aliphatic carbocycles. The molecule has 1 unspecified atom stereocenters. The van der Waals surface area contributed by atoms with Crippen LogP contribution < -0.4 is 4.74 Å². The number of carbonyl (C=O) groups is 2. The van der Waals surface area contributed by atoms with Crippen LogP contribution in [0.25, 0.3) is 11.0 Å². The van der Waals surface area contributed by atoms with E-state index in [1.165, 1.54) is 12.0 Å². The number of Topliss-reactive ketones (excluding diaryl/α,β-unsaturated/α-hetero) is 1. The second kappa shape index (κ2) is 9.99. The molecule has 3 aromatic rings. The zero-order valence-corrected chi connectivity index (χ0v) is 21.8. The van der Waals surface area contributed by atoms with Crippen LogP contribution in [0.1, 0.15) is 54.9 Å². The Morgan fingerprint density at radius 1 is 1.14 bits per heavy atom. The summed E-state index contributed by atoms with van der Waals surface area (Å²) in [5.41, 5.74) is 2.11. The van der Waals surface area contributed by atoms with E-state index in [0.717, 1.165) is 11.1 Å². The largest absolute Gasteiger partial charge is 0.503 e. The monoisotopic (exact) mass is 511 g/mol. The van der Waals surface area contributed by atoms with Gasteiger partial charge in [-0.05, 0) is 35.1 Å². The fourth-order valence-corrected chi connectivity index (χ4v) is 4.71. The van der Waals surface area contributed by atoms with Crippen molar-refractivity contribution in [3.05, 3.63) is 75.7 Å². The molecule has 8 heteroatoms. The van der Waals surface area contributed by atoms with Crippen molar-refractivity contribution in [3.63, 3.8) is 0 Å². The molecule has 0 radical (unpaired) electrons. The van der Waals surface area contributed by atoms with Crippen LogP contribution in [0.5, 0.6) is 5.75 Å². The average Bonchev–Trinajstić information content (AvgIpc) is 3.37. The Kier molecular flexibility index (Phi) is 7.16. The maximum Gasteiger partial charge on any atom is 0.290 e. The molecule has 1 aliphatic rings. The summed E-state index contributed by atoms with van der Waals surface area (Å²) < 4.78 is 16.3. The fraction of sp³-hybridized carbons (Fsp3) is 0.357. The molecule has 1 aliphatic heterocycles. The topological polar surface area (TPSA) is 89.2 Å². The van der Waals surface area contributed by atoms with Gasteiger partial charge in [0, 0.05) is 36.7 Å². The van der Waals surface area contributed by atoms with E-state index in [1.54, 1.807) is 25.3 Å². The quantitative estimate of drug-likeness (QED) is 0.294. The number of nitrogens with zero attached hydrogens (tertiary/aromatic N) is 1. The number of ketones is 1. The SMILES string of the molecule is COCCCN1C(=O)C(O)=C(C(=O)c2cc3cc(Cl)cc(OC)c3o2)C1c1ccc(C(C)(C)C)cc1. The number of carbonyl (C=O) groups excluding carboxylic acids is 2. The molecule has 0 saturated heterocycles. The minimum absolute atomic E-state index is 0.0185. The van der Waals surface area contributed by atoms with Crippen molar-refractivity contribution in [2.45, 2.75) is 38.6 Å². The van der Waals surface area contributed by atoms with Gasteiger partial charge in [0.25, 0.3) is 5.91 Å². The number of furan rings is 1. The van der Waals surface area contributed by atoms with Crippen LogP contribution in [-0.4, -0.2) is 49.1 Å². The number of amides is 1. The number of ether oxygens (including phenoxy) is 2. The van der Waals surface area contributed by atoms with E-state index in [2.05, 4.69) is 20.8 Å². The molecule has 1 N–H and O–H groups in total. The van der Waals surface area contributed by atoms with Gasteiger partial charge in [0.1, 0.15) is 0 Å². The molecule has 0 saturated carbocycles. The predicted octanol–water partition coefficient (Wildman–Crippen LogP) is 6.01. The van der Waals surface area contributed by atoms with Gasteiger partial charge in [-0.25, -0.2) is 0 Å². The second-order valence-electron chi connectivity index (χ2n) is 9.85. The summed E-state index contributed by atoms with van der Waals surface area (Å²) >= 11 is 6.17. The Labute approximate surface area is 215 Å². The van der Waals surface area contributed by atoms with Crippen molar-refractivity contribution < 1.29 is 28.6 Å². The van der Waals surface area contributed by atoms with E-state index in [0.29, 0.717) is 41.3 Å². The molecular weight excluding hydrogens is 482 g/mol. The van der Waals surface area contributed by atoms with E-state index in [9.17, 15) is 14.7 Å². The smallest absolute Gasteiger partial charge is 0.290 e. The third-order valence-corrected chi connectivity index (χ3v) is 6.60. The van der Waals surface area contributed by atoms with Gasteiger partial charge >= 0.3 is 0 Å². The molecule has 4 rings (SSSR count). The zero-order chi connectivity index (χ0) is 26.2. The van der Waals surface area contributed by atoms with E-state index in [1.807, 2.05) is 24.3 Å². The summed E-state index contributed by atoms with van der Waals surface area (Å²) in [6, 6.07) is 11.8. The molecule has 1 aromatic heterocycles. The van der Waals surface area contributed by atoms with Crippen LogP contribution in [0, 0.1) is 0 Å². The highest BCUT2D eigenvalue weighted by Gasteiger charge is 2.44. The molecule has 0 fully saturated rings. The van der Waals surface area contributed by atoms with Crippen LogP contribution >= 0.6 is 11.6 Å². The predicted molar refractivity (Wildman–Crippen MR) is 138 cm³/mol. The highest BCUT2D eigenvalue weighted by atomic mass is 35.5. The van der Waals surface area contributed by atoms with Gasteiger partial charge < -0.3 is 23.9 Å². The zero-order valence-electron chi connectivity index (χ0n) is 21.1. The highest BCUT2D eigenvalue weighted by Crippen LogP contribution is 2.41. The number of fused-ring (bicyclic) bond motifs is 1. The first-order chi connectivity index (χ1) is 17.1. The Morgan fingerprint density at radius 2 is 1.83 bits per heavy atom. The molecule has 1 amide bonds. The first kappa shape index (κ1) is 25.8. The van der Waals surface area contributed by atoms with E-state index in [4.69, 9.17) is 25.5 Å². The van der Waals surface area contributed by atoms with Gasteiger partial charge in [-0.2, -0.15) is 0 Å². The third-order valence-electron chi connectivity index (χ3n) is 6.38. The summed E-state index contributed by atoms with van der Waals surface area (Å²) in [4.78, 5) is 28.4. The summed E-state index contributed by atoms with van der Waals surface area (Å²) in [7, 11) is 3.07. The van der Waals surface area contributed by atoms with Gasteiger partial charge in [-0.15, -0.1) is 0 Å². The normalized spacial score (nSPS) is 16.3. The van der Waals surface area contributed by atoms with Crippen LogP contribution in [0.4, 0.5) is 0 Å². The lowest BCUT2D eigenvalue weighted by molar-refractivity contribution is -0.129. The first-order valence-corrected chi connectivity index (χ1v) is 12.1. The van der Waals surface area contributed by atoms with Gasteiger partial charge in [0.05, 0.1) is 18.7 Å². The maximum atomic E-state index is 13.8. The lowest BCUT2D eigenvalue weighted by Gasteiger charge is -2.27. The molecule has 7 nitrogen and oxygen atoms in total. The van der Waals surface area contributed by atoms with E-state index in [-0.39, 0.29) is 16.7 Å². The molecule has 0 bridgehead atoms. The molecule has 2 aromatic carbocycles. The second-order valence-corrected chi connectivity index (χ2v) is 10.3. The third kappa shape index (κ3) is 4.73. The lowest BCUT2D eigenvalue weighted by Crippen LogP contribution is -2.32. The van der Waals surface area contributed by atoms with Crippen LogP contribution in [0.3, 0.4) is 0 Å². The Balaban J connectivity index is 1.79. The average molecular weight is 512 g/mol. The van der Waals surface area contributed by atoms with Crippen LogP contribution in [-0.2, 0) is 14.9 Å². The van der Waals surface area contributed by atoms with Crippen molar-refractivity contribution in [2.75, 3.05) is 27.4 Å². The molecule has 0 spiro atoms. The number of aliphatic hydroxyl groups is 1. The van der Waals surface area contributed by atoms with E-state index < -0.39 is 23.5 Å². The number of hydrogen-bond acceptors (Lipinski definition) is 6. The van der Waals surface area contributed by atoms with Gasteiger partial charge in [0.2, 0.25) is 5.78 Å². The molecule has 1 atom stereocenters. The molecule has 190 valence electrons.